The quantitative estimate of drug-likeness (QED) is 0.337. The van der Waals surface area contributed by atoms with Crippen LogP contribution in [0.25, 0.3) is 0 Å². The van der Waals surface area contributed by atoms with Crippen molar-refractivity contribution in [3.05, 3.63) is 0 Å². The van der Waals surface area contributed by atoms with E-state index in [1.807, 2.05) is 0 Å². The molecular weight excluding hydrogens is 336 g/mol. The van der Waals surface area contributed by atoms with E-state index in [4.69, 9.17) is 21.1 Å². The van der Waals surface area contributed by atoms with Crippen molar-refractivity contribution in [3.63, 3.8) is 0 Å². The van der Waals surface area contributed by atoms with Gasteiger partial charge in [-0.2, -0.15) is 0 Å². The van der Waals surface area contributed by atoms with Crippen LogP contribution >= 0.6 is 11.6 Å². The van der Waals surface area contributed by atoms with Crippen LogP contribution in [0.5, 0.6) is 0 Å². The third-order valence-corrected chi connectivity index (χ3v) is 3.95. The number of rotatable bonds is 10. The minimum Gasteiger partial charge on any atom is -0.464 e. The molecule has 0 aromatic heterocycles. The number of hydrogen-bond acceptors (Lipinski definition) is 5. The fraction of sp³-hybridized carbons (Fsp3) is 0.812. The van der Waals surface area contributed by atoms with Crippen LogP contribution in [-0.2, 0) is 19.1 Å². The van der Waals surface area contributed by atoms with Crippen molar-refractivity contribution < 1.29 is 23.9 Å². The van der Waals surface area contributed by atoms with Crippen molar-refractivity contribution in [1.82, 2.24) is 9.80 Å². The van der Waals surface area contributed by atoms with E-state index in [2.05, 4.69) is 6.92 Å². The molecule has 2 amide bonds. The Bertz CT molecular complexity index is 419. The molecule has 24 heavy (non-hydrogen) atoms. The Morgan fingerprint density at radius 1 is 0.958 bits per heavy atom. The largest absolute Gasteiger partial charge is 0.464 e. The van der Waals surface area contributed by atoms with Gasteiger partial charge < -0.3 is 14.4 Å². The molecule has 0 heterocycles. The second-order valence-electron chi connectivity index (χ2n) is 5.59. The van der Waals surface area contributed by atoms with Crippen molar-refractivity contribution in [1.29, 1.82) is 0 Å². The first kappa shape index (κ1) is 22.5. The van der Waals surface area contributed by atoms with E-state index in [9.17, 15) is 14.4 Å². The lowest BCUT2D eigenvalue weighted by molar-refractivity contribution is -0.154. The predicted octanol–water partition coefficient (Wildman–Crippen LogP) is 2.26. The van der Waals surface area contributed by atoms with Crippen LogP contribution in [0.1, 0.15) is 40.0 Å². The molecule has 0 aliphatic rings. The molecule has 0 fully saturated rings. The molecule has 0 N–H and O–H groups in total. The van der Waals surface area contributed by atoms with Crippen molar-refractivity contribution in [2.75, 3.05) is 33.2 Å². The number of alkyl halides is 1. The van der Waals surface area contributed by atoms with E-state index in [1.165, 1.54) is 23.9 Å². The maximum atomic E-state index is 12.4. The number of nitrogens with zero attached hydrogens (tertiary/aromatic N) is 2. The van der Waals surface area contributed by atoms with Gasteiger partial charge in [0.05, 0.1) is 12.5 Å². The molecule has 2 unspecified atom stereocenters. The Kier molecular flexibility index (Phi) is 11.2. The normalized spacial score (nSPS) is 12.9. The molecule has 7 nitrogen and oxygen atoms in total. The number of unbranched alkanes of at least 4 members (excludes halogenated alkanes) is 2. The molecule has 0 saturated heterocycles. The summed E-state index contributed by atoms with van der Waals surface area (Å²) in [6.45, 7) is 5.65. The van der Waals surface area contributed by atoms with E-state index in [0.717, 1.165) is 19.3 Å². The fourth-order valence-corrected chi connectivity index (χ4v) is 1.92. The lowest BCUT2D eigenvalue weighted by atomic mass is 10.2. The average Bonchev–Trinajstić information content (AvgIpc) is 2.59. The Labute approximate surface area is 149 Å². The van der Waals surface area contributed by atoms with Gasteiger partial charge in [0.15, 0.2) is 0 Å². The smallest absolute Gasteiger partial charge is 0.410 e. The van der Waals surface area contributed by atoms with Crippen LogP contribution in [0.15, 0.2) is 0 Å². The minimum atomic E-state index is -0.770. The highest BCUT2D eigenvalue weighted by Gasteiger charge is 2.31. The van der Waals surface area contributed by atoms with Crippen molar-refractivity contribution in [3.8, 4) is 0 Å². The topological polar surface area (TPSA) is 76.2 Å². The predicted molar refractivity (Wildman–Crippen MR) is 92.0 cm³/mol. The van der Waals surface area contributed by atoms with E-state index in [0.29, 0.717) is 6.61 Å². The molecular formula is C16H29ClN2O5. The van der Waals surface area contributed by atoms with Gasteiger partial charge in [0.2, 0.25) is 5.91 Å². The van der Waals surface area contributed by atoms with E-state index in [1.54, 1.807) is 13.8 Å². The van der Waals surface area contributed by atoms with Crippen LogP contribution in [0, 0.1) is 0 Å². The first-order valence-electron chi connectivity index (χ1n) is 8.16. The van der Waals surface area contributed by atoms with E-state index in [-0.39, 0.29) is 18.4 Å². The number of esters is 1. The first-order chi connectivity index (χ1) is 11.3. The number of amides is 2. The molecule has 0 bridgehead atoms. The molecule has 0 radical (unpaired) electrons. The third-order valence-electron chi connectivity index (χ3n) is 3.79. The number of carbonyl (C=O) groups excluding carboxylic acids is 3. The average molecular weight is 365 g/mol. The number of ether oxygens (including phenoxy) is 2. The highest BCUT2D eigenvalue weighted by Crippen LogP contribution is 2.08. The molecule has 0 rings (SSSR count). The van der Waals surface area contributed by atoms with Crippen molar-refractivity contribution in [2.24, 2.45) is 0 Å². The zero-order chi connectivity index (χ0) is 18.7. The molecule has 0 aromatic carbocycles. The second kappa shape index (κ2) is 11.9. The first-order valence-corrected chi connectivity index (χ1v) is 8.70. The SMILES string of the molecule is CCCCCOC(=O)C(C)N(C)C(=O)C(C)N(C)C(=O)OCCCl. The number of likely N-dealkylation sites (N-methyl/N-ethyl adjacent to an activating group) is 2. The van der Waals surface area contributed by atoms with Crippen LogP contribution in [0.2, 0.25) is 0 Å². The summed E-state index contributed by atoms with van der Waals surface area (Å²) in [7, 11) is 2.97. The van der Waals surface area contributed by atoms with Gasteiger partial charge in [-0.1, -0.05) is 19.8 Å². The van der Waals surface area contributed by atoms with Crippen LogP contribution in [-0.4, -0.2) is 73.0 Å². The zero-order valence-corrected chi connectivity index (χ0v) is 16.0. The number of halogens is 1. The molecule has 140 valence electrons. The van der Waals surface area contributed by atoms with Crippen molar-refractivity contribution >= 4 is 29.6 Å². The van der Waals surface area contributed by atoms with Crippen molar-refractivity contribution in [2.45, 2.75) is 52.1 Å². The molecule has 0 saturated carbocycles. The van der Waals surface area contributed by atoms with Gasteiger partial charge in [-0.3, -0.25) is 9.69 Å². The van der Waals surface area contributed by atoms with Crippen LogP contribution in [0.3, 0.4) is 0 Å². The molecule has 0 aromatic rings. The molecule has 2 atom stereocenters. The highest BCUT2D eigenvalue weighted by atomic mass is 35.5. The van der Waals surface area contributed by atoms with E-state index >= 15 is 0 Å². The van der Waals surface area contributed by atoms with Gasteiger partial charge in [0.1, 0.15) is 18.7 Å². The maximum absolute atomic E-state index is 12.4. The minimum absolute atomic E-state index is 0.0714. The molecule has 0 spiro atoms. The van der Waals surface area contributed by atoms with Crippen LogP contribution in [0.4, 0.5) is 4.79 Å². The second-order valence-corrected chi connectivity index (χ2v) is 5.97. The number of carbonyl (C=O) groups is 3. The monoisotopic (exact) mass is 364 g/mol. The summed E-state index contributed by atoms with van der Waals surface area (Å²) in [6, 6.07) is -1.50. The van der Waals surface area contributed by atoms with E-state index < -0.39 is 24.1 Å². The van der Waals surface area contributed by atoms with Gasteiger partial charge in [-0.05, 0) is 20.3 Å². The summed E-state index contributed by atoms with van der Waals surface area (Å²) >= 11 is 5.46. The highest BCUT2D eigenvalue weighted by molar-refractivity contribution is 6.18. The lowest BCUT2D eigenvalue weighted by Crippen LogP contribution is -2.51. The summed E-state index contributed by atoms with van der Waals surface area (Å²) in [5.74, 6) is -0.650. The Balaban J connectivity index is 4.55. The van der Waals surface area contributed by atoms with Gasteiger partial charge in [-0.15, -0.1) is 11.6 Å². The standard InChI is InChI=1S/C16H29ClN2O5/c1-6-7-8-10-23-15(21)13(3)18(4)14(20)12(2)19(5)16(22)24-11-9-17/h12-13H,6-11H2,1-5H3. The zero-order valence-electron chi connectivity index (χ0n) is 15.2. The Morgan fingerprint density at radius 2 is 1.58 bits per heavy atom. The van der Waals surface area contributed by atoms with Crippen LogP contribution < -0.4 is 0 Å². The molecule has 8 heteroatoms. The summed E-state index contributed by atoms with van der Waals surface area (Å²) < 4.78 is 10.0. The lowest BCUT2D eigenvalue weighted by Gasteiger charge is -2.30. The molecule has 0 aliphatic heterocycles. The van der Waals surface area contributed by atoms with Gasteiger partial charge in [0, 0.05) is 14.1 Å². The molecule has 0 aliphatic carbocycles. The summed E-state index contributed by atoms with van der Waals surface area (Å²) in [5.41, 5.74) is 0. The van der Waals surface area contributed by atoms with Gasteiger partial charge in [-0.25, -0.2) is 9.59 Å². The fourth-order valence-electron chi connectivity index (χ4n) is 1.84. The summed E-state index contributed by atoms with van der Waals surface area (Å²) in [4.78, 5) is 38.6. The summed E-state index contributed by atoms with van der Waals surface area (Å²) in [6.07, 6.45) is 2.19. The third kappa shape index (κ3) is 7.38. The summed E-state index contributed by atoms with van der Waals surface area (Å²) in [5, 5.41) is 0. The maximum Gasteiger partial charge on any atom is 0.410 e. The van der Waals surface area contributed by atoms with Gasteiger partial charge >= 0.3 is 12.1 Å². The Hall–Kier alpha value is -1.50. The van der Waals surface area contributed by atoms with Gasteiger partial charge in [0.25, 0.3) is 0 Å². The number of hydrogen-bond donors (Lipinski definition) is 0. The Morgan fingerprint density at radius 3 is 2.12 bits per heavy atom.